The smallest absolute Gasteiger partial charge is 0.213 e. The fraction of sp³-hybridized carbons (Fsp3) is 0.238. The third-order valence-electron chi connectivity index (χ3n) is 3.92. The first-order chi connectivity index (χ1) is 13.5. The molecule has 1 unspecified atom stereocenters. The molecular formula is C21H19N3O3S. The Bertz CT molecular complexity index is 989. The molecule has 0 saturated carbocycles. The standard InChI is InChI=1S/C21H19N3O3S/c1-13(2)27-19-9-6-15(11-23-19)20(25)17(10-22)21-24-18(12-28-21)14-4-7-16(26-3)8-5-14/h4-9,11-13,17H,1-3H3. The Labute approximate surface area is 167 Å². The van der Waals surface area contributed by atoms with Crippen LogP contribution in [0.3, 0.4) is 0 Å². The number of methoxy groups -OCH3 is 1. The molecule has 7 heteroatoms. The first kappa shape index (κ1) is 19.5. The van der Waals surface area contributed by atoms with E-state index in [2.05, 4.69) is 16.0 Å². The second kappa shape index (κ2) is 8.63. The van der Waals surface area contributed by atoms with Crippen LogP contribution < -0.4 is 9.47 Å². The molecule has 142 valence electrons. The topological polar surface area (TPSA) is 85.1 Å². The van der Waals surface area contributed by atoms with Crippen LogP contribution in [0.4, 0.5) is 0 Å². The van der Waals surface area contributed by atoms with Gasteiger partial charge in [0, 0.05) is 28.8 Å². The first-order valence-electron chi connectivity index (χ1n) is 8.68. The van der Waals surface area contributed by atoms with E-state index < -0.39 is 5.92 Å². The van der Waals surface area contributed by atoms with Crippen LogP contribution >= 0.6 is 11.3 Å². The van der Waals surface area contributed by atoms with E-state index in [-0.39, 0.29) is 11.9 Å². The van der Waals surface area contributed by atoms with Gasteiger partial charge in [0.25, 0.3) is 0 Å². The molecule has 2 heterocycles. The summed E-state index contributed by atoms with van der Waals surface area (Å²) in [4.78, 5) is 21.4. The van der Waals surface area contributed by atoms with Crippen molar-refractivity contribution < 1.29 is 14.3 Å². The Morgan fingerprint density at radius 2 is 1.93 bits per heavy atom. The third kappa shape index (κ3) is 4.35. The molecule has 0 aliphatic carbocycles. The number of carbonyl (C=O) groups excluding carboxylic acids is 1. The molecule has 3 rings (SSSR count). The van der Waals surface area contributed by atoms with Crippen molar-refractivity contribution in [2.24, 2.45) is 0 Å². The number of aromatic nitrogens is 2. The number of Topliss-reactive ketones (excluding diaryl/α,β-unsaturated/α-hetero) is 1. The van der Waals surface area contributed by atoms with Crippen molar-refractivity contribution in [1.29, 1.82) is 5.26 Å². The van der Waals surface area contributed by atoms with Crippen LogP contribution in [-0.4, -0.2) is 29.0 Å². The van der Waals surface area contributed by atoms with Crippen LogP contribution in [0.5, 0.6) is 11.6 Å². The number of hydrogen-bond donors (Lipinski definition) is 0. The van der Waals surface area contributed by atoms with E-state index in [0.717, 1.165) is 17.0 Å². The molecule has 2 aromatic heterocycles. The Morgan fingerprint density at radius 1 is 1.18 bits per heavy atom. The van der Waals surface area contributed by atoms with Gasteiger partial charge in [-0.15, -0.1) is 11.3 Å². The van der Waals surface area contributed by atoms with E-state index in [1.54, 1.807) is 19.2 Å². The summed E-state index contributed by atoms with van der Waals surface area (Å²) in [5.74, 6) is -0.116. The summed E-state index contributed by atoms with van der Waals surface area (Å²) in [6, 6.07) is 12.8. The highest BCUT2D eigenvalue weighted by atomic mass is 32.1. The van der Waals surface area contributed by atoms with Crippen molar-refractivity contribution in [3.8, 4) is 29.0 Å². The summed E-state index contributed by atoms with van der Waals surface area (Å²) >= 11 is 1.29. The number of benzene rings is 1. The second-order valence-corrected chi connectivity index (χ2v) is 7.17. The van der Waals surface area contributed by atoms with Crippen LogP contribution in [0.15, 0.2) is 48.0 Å². The zero-order valence-electron chi connectivity index (χ0n) is 15.7. The number of thiazole rings is 1. The van der Waals surface area contributed by atoms with Gasteiger partial charge in [-0.05, 0) is 44.2 Å². The van der Waals surface area contributed by atoms with Gasteiger partial charge < -0.3 is 9.47 Å². The lowest BCUT2D eigenvalue weighted by molar-refractivity contribution is 0.0978. The maximum absolute atomic E-state index is 12.8. The lowest BCUT2D eigenvalue weighted by atomic mass is 10.0. The van der Waals surface area contributed by atoms with E-state index >= 15 is 0 Å². The molecule has 0 radical (unpaired) electrons. The summed E-state index contributed by atoms with van der Waals surface area (Å²) in [5, 5.41) is 11.9. The molecule has 0 fully saturated rings. The van der Waals surface area contributed by atoms with E-state index in [0.29, 0.717) is 16.5 Å². The van der Waals surface area contributed by atoms with Crippen molar-refractivity contribution in [2.45, 2.75) is 25.9 Å². The van der Waals surface area contributed by atoms with Gasteiger partial charge in [0.15, 0.2) is 11.7 Å². The van der Waals surface area contributed by atoms with Crippen LogP contribution in [0.25, 0.3) is 11.3 Å². The summed E-state index contributed by atoms with van der Waals surface area (Å²) in [5.41, 5.74) is 1.96. The number of pyridine rings is 1. The second-order valence-electron chi connectivity index (χ2n) is 6.28. The predicted molar refractivity (Wildman–Crippen MR) is 107 cm³/mol. The Kier molecular flexibility index (Phi) is 6.02. The molecule has 0 saturated heterocycles. The van der Waals surface area contributed by atoms with Gasteiger partial charge in [-0.25, -0.2) is 9.97 Å². The monoisotopic (exact) mass is 393 g/mol. The normalized spacial score (nSPS) is 11.7. The molecule has 1 atom stereocenters. The number of nitriles is 1. The zero-order chi connectivity index (χ0) is 20.1. The lowest BCUT2D eigenvalue weighted by Crippen LogP contribution is -2.12. The van der Waals surface area contributed by atoms with E-state index in [9.17, 15) is 10.1 Å². The summed E-state index contributed by atoms with van der Waals surface area (Å²) < 4.78 is 10.6. The number of rotatable bonds is 7. The van der Waals surface area contributed by atoms with E-state index in [1.165, 1.54) is 17.5 Å². The van der Waals surface area contributed by atoms with Gasteiger partial charge in [-0.2, -0.15) is 5.26 Å². The molecule has 0 bridgehead atoms. The van der Waals surface area contributed by atoms with Gasteiger partial charge in [0.1, 0.15) is 10.8 Å². The van der Waals surface area contributed by atoms with Gasteiger partial charge in [0.05, 0.1) is 25.0 Å². The summed E-state index contributed by atoms with van der Waals surface area (Å²) in [7, 11) is 1.61. The maximum atomic E-state index is 12.8. The molecular weight excluding hydrogens is 374 g/mol. The highest BCUT2D eigenvalue weighted by molar-refractivity contribution is 7.10. The van der Waals surface area contributed by atoms with E-state index in [1.807, 2.05) is 43.5 Å². The molecule has 0 N–H and O–H groups in total. The largest absolute Gasteiger partial charge is 0.497 e. The van der Waals surface area contributed by atoms with Crippen molar-refractivity contribution in [2.75, 3.05) is 7.11 Å². The zero-order valence-corrected chi connectivity index (χ0v) is 16.6. The number of nitrogens with zero attached hydrogens (tertiary/aromatic N) is 3. The number of ketones is 1. The Balaban J connectivity index is 1.80. The average molecular weight is 393 g/mol. The van der Waals surface area contributed by atoms with Crippen molar-refractivity contribution in [1.82, 2.24) is 9.97 Å². The van der Waals surface area contributed by atoms with Crippen molar-refractivity contribution in [3.05, 3.63) is 58.5 Å². The van der Waals surface area contributed by atoms with Gasteiger partial charge in [0.2, 0.25) is 5.88 Å². The van der Waals surface area contributed by atoms with Gasteiger partial charge in [-0.3, -0.25) is 4.79 Å². The summed E-state index contributed by atoms with van der Waals surface area (Å²) in [6.45, 7) is 3.80. The minimum Gasteiger partial charge on any atom is -0.497 e. The molecule has 0 aliphatic heterocycles. The van der Waals surface area contributed by atoms with Crippen LogP contribution in [-0.2, 0) is 0 Å². The maximum Gasteiger partial charge on any atom is 0.213 e. The minimum atomic E-state index is -0.976. The van der Waals surface area contributed by atoms with Gasteiger partial charge in [-0.1, -0.05) is 0 Å². The van der Waals surface area contributed by atoms with Crippen LogP contribution in [0.1, 0.15) is 35.1 Å². The average Bonchev–Trinajstić information content (AvgIpc) is 3.18. The Morgan fingerprint density at radius 3 is 2.50 bits per heavy atom. The molecule has 3 aromatic rings. The predicted octanol–water partition coefficient (Wildman–Crippen LogP) is 4.49. The van der Waals surface area contributed by atoms with Gasteiger partial charge >= 0.3 is 0 Å². The molecule has 0 spiro atoms. The molecule has 0 amide bonds. The Hall–Kier alpha value is -3.24. The first-order valence-corrected chi connectivity index (χ1v) is 9.56. The third-order valence-corrected chi connectivity index (χ3v) is 4.83. The molecule has 0 aliphatic rings. The number of hydrogen-bond acceptors (Lipinski definition) is 7. The fourth-order valence-electron chi connectivity index (χ4n) is 2.54. The fourth-order valence-corrected chi connectivity index (χ4v) is 3.41. The quantitative estimate of drug-likeness (QED) is 0.550. The minimum absolute atomic E-state index is 0.00685. The van der Waals surface area contributed by atoms with Crippen LogP contribution in [0, 0.1) is 11.3 Å². The molecule has 28 heavy (non-hydrogen) atoms. The highest BCUT2D eigenvalue weighted by Gasteiger charge is 2.25. The van der Waals surface area contributed by atoms with E-state index in [4.69, 9.17) is 9.47 Å². The SMILES string of the molecule is COc1ccc(-c2csc(C(C#N)C(=O)c3ccc(OC(C)C)nc3)n2)cc1. The summed E-state index contributed by atoms with van der Waals surface area (Å²) in [6.07, 6.45) is 1.43. The molecule has 1 aromatic carbocycles. The number of ether oxygens (including phenoxy) is 2. The molecule has 6 nitrogen and oxygen atoms in total. The lowest BCUT2D eigenvalue weighted by Gasteiger charge is -2.09. The highest BCUT2D eigenvalue weighted by Crippen LogP contribution is 2.29. The van der Waals surface area contributed by atoms with Crippen molar-refractivity contribution >= 4 is 17.1 Å². The van der Waals surface area contributed by atoms with Crippen LogP contribution in [0.2, 0.25) is 0 Å². The number of carbonyl (C=O) groups is 1. The van der Waals surface area contributed by atoms with Crippen molar-refractivity contribution in [3.63, 3.8) is 0 Å².